The number of methoxy groups -OCH3 is 1. The highest BCUT2D eigenvalue weighted by Gasteiger charge is 2.62. The zero-order chi connectivity index (χ0) is 19.5. The summed E-state index contributed by atoms with van der Waals surface area (Å²) in [6.45, 7) is 0. The molecule has 7 nitrogen and oxygen atoms in total. The van der Waals surface area contributed by atoms with Crippen molar-refractivity contribution in [2.24, 2.45) is 11.8 Å². The molecule has 2 heterocycles. The summed E-state index contributed by atoms with van der Waals surface area (Å²) >= 11 is 6.22. The maximum absolute atomic E-state index is 12.5. The fourth-order valence-corrected chi connectivity index (χ4v) is 4.79. The van der Waals surface area contributed by atoms with Gasteiger partial charge in [-0.25, -0.2) is 4.98 Å². The van der Waals surface area contributed by atoms with Gasteiger partial charge in [0.15, 0.2) is 0 Å². The molecule has 3 aromatic rings. The van der Waals surface area contributed by atoms with Gasteiger partial charge in [0.05, 0.1) is 30.0 Å². The number of aromatic nitrogens is 3. The summed E-state index contributed by atoms with van der Waals surface area (Å²) in [6, 6.07) is 7.06. The summed E-state index contributed by atoms with van der Waals surface area (Å²) in [7, 11) is 1.53. The van der Waals surface area contributed by atoms with Crippen molar-refractivity contribution in [3.63, 3.8) is 0 Å². The zero-order valence-electron chi connectivity index (χ0n) is 15.1. The van der Waals surface area contributed by atoms with Gasteiger partial charge in [0.2, 0.25) is 5.88 Å². The fraction of sp³-hybridized carbons (Fsp3) is 0.350. The SMILES string of the molecule is COc1ccc(C(=O)NC2[C@H]3CC(O)(c4cc(Cl)cc5[nH]ncc45)C[C@@H]23)cn1. The average molecular weight is 399 g/mol. The van der Waals surface area contributed by atoms with E-state index in [9.17, 15) is 9.90 Å². The van der Waals surface area contributed by atoms with Crippen LogP contribution in [0.3, 0.4) is 0 Å². The molecule has 8 heteroatoms. The minimum Gasteiger partial charge on any atom is -0.481 e. The summed E-state index contributed by atoms with van der Waals surface area (Å²) in [5.74, 6) is 0.817. The van der Waals surface area contributed by atoms with Crippen molar-refractivity contribution in [1.29, 1.82) is 0 Å². The molecule has 2 aromatic heterocycles. The molecule has 0 spiro atoms. The van der Waals surface area contributed by atoms with Gasteiger partial charge in [-0.3, -0.25) is 9.89 Å². The fourth-order valence-electron chi connectivity index (χ4n) is 4.57. The summed E-state index contributed by atoms with van der Waals surface area (Å²) in [5.41, 5.74) is 1.16. The van der Waals surface area contributed by atoms with Crippen molar-refractivity contribution in [1.82, 2.24) is 20.5 Å². The van der Waals surface area contributed by atoms with Gasteiger partial charge in [0.25, 0.3) is 5.91 Å². The number of halogens is 1. The highest BCUT2D eigenvalue weighted by Crippen LogP contribution is 2.60. The third-order valence-corrected chi connectivity index (χ3v) is 6.23. The first-order valence-corrected chi connectivity index (χ1v) is 9.53. The molecule has 0 bridgehead atoms. The van der Waals surface area contributed by atoms with Gasteiger partial charge in [0.1, 0.15) is 0 Å². The number of hydrogen-bond acceptors (Lipinski definition) is 5. The van der Waals surface area contributed by atoms with E-state index in [-0.39, 0.29) is 23.8 Å². The van der Waals surface area contributed by atoms with Crippen LogP contribution in [0.2, 0.25) is 5.02 Å². The molecule has 0 radical (unpaired) electrons. The standard InChI is InChI=1S/C20H19ClN4O3/c1-28-17-3-2-10(8-22-17)19(26)24-18-12-6-20(27,7-13(12)18)15-4-11(21)5-16-14(15)9-23-25-16/h2-5,8-9,12-13,18,27H,6-7H2,1H3,(H,23,25)(H,24,26)/t12-,13+,18?,20?. The Morgan fingerprint density at radius 1 is 1.32 bits per heavy atom. The number of pyridine rings is 1. The van der Waals surface area contributed by atoms with Crippen LogP contribution in [-0.2, 0) is 5.60 Å². The van der Waals surface area contributed by atoms with E-state index in [1.54, 1.807) is 24.4 Å². The molecule has 2 aliphatic carbocycles. The molecular weight excluding hydrogens is 380 g/mol. The van der Waals surface area contributed by atoms with Crippen LogP contribution in [0.1, 0.15) is 28.8 Å². The summed E-state index contributed by atoms with van der Waals surface area (Å²) in [4.78, 5) is 16.5. The van der Waals surface area contributed by atoms with E-state index in [0.717, 1.165) is 16.5 Å². The van der Waals surface area contributed by atoms with E-state index in [2.05, 4.69) is 20.5 Å². The van der Waals surface area contributed by atoms with E-state index in [0.29, 0.717) is 29.3 Å². The largest absolute Gasteiger partial charge is 0.481 e. The predicted octanol–water partition coefficient (Wildman–Crippen LogP) is 2.65. The van der Waals surface area contributed by atoms with Gasteiger partial charge in [-0.15, -0.1) is 0 Å². The maximum Gasteiger partial charge on any atom is 0.253 e. The molecule has 1 amide bonds. The molecule has 1 aromatic carbocycles. The van der Waals surface area contributed by atoms with Crippen molar-refractivity contribution >= 4 is 28.4 Å². The lowest BCUT2D eigenvalue weighted by molar-refractivity contribution is 0.0293. The van der Waals surface area contributed by atoms with Gasteiger partial charge < -0.3 is 15.2 Å². The number of hydrogen-bond donors (Lipinski definition) is 3. The van der Waals surface area contributed by atoms with Crippen LogP contribution >= 0.6 is 11.6 Å². The first-order chi connectivity index (χ1) is 13.5. The second-order valence-electron chi connectivity index (χ2n) is 7.64. The minimum absolute atomic E-state index is 0.0777. The second kappa shape index (κ2) is 6.18. The number of nitrogens with zero attached hydrogens (tertiary/aromatic N) is 2. The number of carbonyl (C=O) groups is 1. The monoisotopic (exact) mass is 398 g/mol. The van der Waals surface area contributed by atoms with E-state index in [4.69, 9.17) is 16.3 Å². The van der Waals surface area contributed by atoms with Crippen molar-refractivity contribution < 1.29 is 14.6 Å². The summed E-state index contributed by atoms with van der Waals surface area (Å²) < 4.78 is 5.01. The van der Waals surface area contributed by atoms with E-state index >= 15 is 0 Å². The number of carbonyl (C=O) groups excluding carboxylic acids is 1. The number of rotatable bonds is 4. The molecule has 0 aliphatic heterocycles. The quantitative estimate of drug-likeness (QED) is 0.627. The van der Waals surface area contributed by atoms with Crippen LogP contribution in [0.25, 0.3) is 10.9 Å². The number of amides is 1. The smallest absolute Gasteiger partial charge is 0.253 e. The minimum atomic E-state index is -0.953. The van der Waals surface area contributed by atoms with Gasteiger partial charge in [0, 0.05) is 28.7 Å². The molecule has 0 saturated heterocycles. The van der Waals surface area contributed by atoms with Crippen molar-refractivity contribution in [2.45, 2.75) is 24.5 Å². The van der Waals surface area contributed by atoms with E-state index < -0.39 is 5.60 Å². The van der Waals surface area contributed by atoms with Crippen LogP contribution < -0.4 is 10.1 Å². The molecular formula is C20H19ClN4O3. The number of fused-ring (bicyclic) bond motifs is 2. The normalized spacial score (nSPS) is 28.2. The number of aromatic amines is 1. The average Bonchev–Trinajstić information content (AvgIpc) is 3.06. The molecule has 2 aliphatic rings. The molecule has 2 fully saturated rings. The van der Waals surface area contributed by atoms with Crippen LogP contribution in [0.5, 0.6) is 5.88 Å². The van der Waals surface area contributed by atoms with Crippen molar-refractivity contribution in [3.8, 4) is 5.88 Å². The second-order valence-corrected chi connectivity index (χ2v) is 8.08. The Morgan fingerprint density at radius 3 is 2.79 bits per heavy atom. The van der Waals surface area contributed by atoms with E-state index in [1.807, 2.05) is 6.07 Å². The Balaban J connectivity index is 1.30. The lowest BCUT2D eigenvalue weighted by atomic mass is 9.86. The number of H-pyrrole nitrogens is 1. The Hall–Kier alpha value is -2.64. The van der Waals surface area contributed by atoms with Gasteiger partial charge in [-0.05, 0) is 48.4 Å². The van der Waals surface area contributed by atoms with Crippen LogP contribution in [0.4, 0.5) is 0 Å². The third-order valence-electron chi connectivity index (χ3n) is 6.01. The molecule has 4 atom stereocenters. The number of benzene rings is 1. The molecule has 28 heavy (non-hydrogen) atoms. The van der Waals surface area contributed by atoms with Gasteiger partial charge in [-0.1, -0.05) is 11.6 Å². The zero-order valence-corrected chi connectivity index (χ0v) is 15.9. The maximum atomic E-state index is 12.5. The van der Waals surface area contributed by atoms with Crippen LogP contribution in [0.15, 0.2) is 36.7 Å². The van der Waals surface area contributed by atoms with Crippen LogP contribution in [0, 0.1) is 11.8 Å². The molecule has 3 N–H and O–H groups in total. The first-order valence-electron chi connectivity index (χ1n) is 9.15. The highest BCUT2D eigenvalue weighted by molar-refractivity contribution is 6.31. The van der Waals surface area contributed by atoms with Gasteiger partial charge in [-0.2, -0.15) is 5.10 Å². The number of aliphatic hydroxyl groups is 1. The molecule has 2 saturated carbocycles. The summed E-state index contributed by atoms with van der Waals surface area (Å²) in [6.07, 6.45) is 4.40. The van der Waals surface area contributed by atoms with E-state index in [1.165, 1.54) is 13.3 Å². The lowest BCUT2D eigenvalue weighted by Crippen LogP contribution is -2.33. The Morgan fingerprint density at radius 2 is 2.11 bits per heavy atom. The van der Waals surface area contributed by atoms with Gasteiger partial charge >= 0.3 is 0 Å². The third kappa shape index (κ3) is 2.73. The molecule has 2 unspecified atom stereocenters. The molecule has 5 rings (SSSR count). The summed E-state index contributed by atoms with van der Waals surface area (Å²) in [5, 5.41) is 22.8. The number of nitrogens with one attached hydrogen (secondary N) is 2. The topological polar surface area (TPSA) is 100 Å². The Kier molecular flexibility index (Phi) is 3.86. The number of ether oxygens (including phenoxy) is 1. The first kappa shape index (κ1) is 17.5. The molecule has 144 valence electrons. The van der Waals surface area contributed by atoms with Crippen molar-refractivity contribution in [3.05, 3.63) is 52.8 Å². The van der Waals surface area contributed by atoms with Crippen molar-refractivity contribution in [2.75, 3.05) is 7.11 Å². The lowest BCUT2D eigenvalue weighted by Gasteiger charge is -2.27. The highest BCUT2D eigenvalue weighted by atomic mass is 35.5. The Labute approximate surface area is 166 Å². The van der Waals surface area contributed by atoms with Crippen LogP contribution in [-0.4, -0.2) is 39.3 Å². The predicted molar refractivity (Wildman–Crippen MR) is 103 cm³/mol. The Bertz CT molecular complexity index is 1050.